The Morgan fingerprint density at radius 3 is 2.84 bits per heavy atom. The van der Waals surface area contributed by atoms with Gasteiger partial charge in [-0.05, 0) is 84.5 Å². The molecule has 0 radical (unpaired) electrons. The second-order valence-corrected chi connectivity index (χ2v) is 7.10. The zero-order chi connectivity index (χ0) is 13.2. The van der Waals surface area contributed by atoms with Crippen LogP contribution < -0.4 is 5.32 Å². The summed E-state index contributed by atoms with van der Waals surface area (Å²) in [6.45, 7) is 3.30. The van der Waals surface area contributed by atoms with Gasteiger partial charge in [0.2, 0.25) is 0 Å². The summed E-state index contributed by atoms with van der Waals surface area (Å²) < 4.78 is 6.63. The Labute approximate surface area is 124 Å². The number of fused-ring (bicyclic) bond motifs is 2. The van der Waals surface area contributed by atoms with E-state index < -0.39 is 0 Å². The molecule has 106 valence electrons. The number of rotatable bonds is 6. The van der Waals surface area contributed by atoms with Crippen LogP contribution in [-0.4, -0.2) is 6.54 Å². The first-order chi connectivity index (χ1) is 9.26. The molecule has 1 aromatic rings. The number of halogens is 1. The van der Waals surface area contributed by atoms with Crippen LogP contribution in [0.4, 0.5) is 0 Å². The fourth-order valence-electron chi connectivity index (χ4n) is 4.10. The molecule has 1 aromatic heterocycles. The second-order valence-electron chi connectivity index (χ2n) is 6.32. The van der Waals surface area contributed by atoms with Crippen molar-refractivity contribution in [2.45, 2.75) is 51.5 Å². The molecule has 2 fully saturated rings. The SMILES string of the molecule is CCCNC(CC1CC2CCC1C2)c1ccc(Br)o1. The van der Waals surface area contributed by atoms with Crippen molar-refractivity contribution in [3.63, 3.8) is 0 Å². The van der Waals surface area contributed by atoms with Crippen molar-refractivity contribution in [3.8, 4) is 0 Å². The lowest BCUT2D eigenvalue weighted by atomic mass is 9.83. The summed E-state index contributed by atoms with van der Waals surface area (Å²) in [5.74, 6) is 4.04. The van der Waals surface area contributed by atoms with E-state index in [0.29, 0.717) is 6.04 Å². The van der Waals surface area contributed by atoms with Gasteiger partial charge in [0.05, 0.1) is 6.04 Å². The van der Waals surface area contributed by atoms with Crippen molar-refractivity contribution >= 4 is 15.9 Å². The van der Waals surface area contributed by atoms with Gasteiger partial charge in [0.15, 0.2) is 4.67 Å². The van der Waals surface area contributed by atoms with Crippen LogP contribution in [0.5, 0.6) is 0 Å². The van der Waals surface area contributed by atoms with Gasteiger partial charge in [0.1, 0.15) is 5.76 Å². The molecule has 3 heteroatoms. The normalized spacial score (nSPS) is 30.9. The number of hydrogen-bond donors (Lipinski definition) is 1. The molecule has 19 heavy (non-hydrogen) atoms. The minimum absolute atomic E-state index is 0.399. The molecule has 0 aliphatic heterocycles. The van der Waals surface area contributed by atoms with Gasteiger partial charge in [-0.25, -0.2) is 0 Å². The summed E-state index contributed by atoms with van der Waals surface area (Å²) in [5, 5.41) is 3.67. The van der Waals surface area contributed by atoms with Crippen LogP contribution in [0, 0.1) is 17.8 Å². The lowest BCUT2D eigenvalue weighted by Gasteiger charge is -2.26. The van der Waals surface area contributed by atoms with E-state index in [9.17, 15) is 0 Å². The molecule has 0 saturated heterocycles. The fourth-order valence-corrected chi connectivity index (χ4v) is 4.42. The second kappa shape index (κ2) is 6.01. The predicted octanol–water partition coefficient (Wildman–Crippen LogP) is 4.91. The Morgan fingerprint density at radius 2 is 2.26 bits per heavy atom. The third kappa shape index (κ3) is 3.08. The molecule has 2 nitrogen and oxygen atoms in total. The van der Waals surface area contributed by atoms with Crippen molar-refractivity contribution in [3.05, 3.63) is 22.6 Å². The Morgan fingerprint density at radius 1 is 1.37 bits per heavy atom. The number of furan rings is 1. The van der Waals surface area contributed by atoms with Crippen LogP contribution >= 0.6 is 15.9 Å². The van der Waals surface area contributed by atoms with Gasteiger partial charge in [0, 0.05) is 0 Å². The molecule has 2 aliphatic carbocycles. The van der Waals surface area contributed by atoms with Crippen molar-refractivity contribution in [1.29, 1.82) is 0 Å². The monoisotopic (exact) mass is 325 g/mol. The smallest absolute Gasteiger partial charge is 0.169 e. The highest BCUT2D eigenvalue weighted by molar-refractivity contribution is 9.10. The van der Waals surface area contributed by atoms with Crippen molar-refractivity contribution in [1.82, 2.24) is 5.32 Å². The number of hydrogen-bond acceptors (Lipinski definition) is 2. The largest absolute Gasteiger partial charge is 0.453 e. The quantitative estimate of drug-likeness (QED) is 0.803. The molecular weight excluding hydrogens is 302 g/mol. The molecule has 1 N–H and O–H groups in total. The lowest BCUT2D eigenvalue weighted by molar-refractivity contribution is 0.261. The molecule has 4 unspecified atom stereocenters. The van der Waals surface area contributed by atoms with Gasteiger partial charge < -0.3 is 9.73 Å². The summed E-state index contributed by atoms with van der Waals surface area (Å²) >= 11 is 3.42. The maximum absolute atomic E-state index is 5.79. The Balaban J connectivity index is 1.65. The highest BCUT2D eigenvalue weighted by Gasteiger charge is 2.40. The lowest BCUT2D eigenvalue weighted by Crippen LogP contribution is -2.26. The Kier molecular flexibility index (Phi) is 4.33. The summed E-state index contributed by atoms with van der Waals surface area (Å²) in [6.07, 6.45) is 8.33. The molecule has 0 spiro atoms. The van der Waals surface area contributed by atoms with Crippen LogP contribution in [0.3, 0.4) is 0 Å². The standard InChI is InChI=1S/C16H24BrNO/c1-2-7-18-14(15-5-6-16(17)19-15)10-13-9-11-3-4-12(13)8-11/h5-6,11-14,18H,2-4,7-10H2,1H3. The summed E-state index contributed by atoms with van der Waals surface area (Å²) in [5.41, 5.74) is 0. The molecule has 0 amide bonds. The van der Waals surface area contributed by atoms with Crippen LogP contribution in [-0.2, 0) is 0 Å². The molecule has 2 aliphatic rings. The minimum atomic E-state index is 0.399. The third-order valence-corrected chi connectivity index (χ3v) is 5.43. The van der Waals surface area contributed by atoms with E-state index in [1.54, 1.807) is 0 Å². The highest BCUT2D eigenvalue weighted by Crippen LogP contribution is 2.51. The van der Waals surface area contributed by atoms with Crippen LogP contribution in [0.25, 0.3) is 0 Å². The van der Waals surface area contributed by atoms with Gasteiger partial charge in [-0.2, -0.15) is 0 Å². The van der Waals surface area contributed by atoms with Crippen molar-refractivity contribution in [2.75, 3.05) is 6.54 Å². The first kappa shape index (κ1) is 13.7. The topological polar surface area (TPSA) is 25.2 Å². The van der Waals surface area contributed by atoms with Crippen molar-refractivity contribution < 1.29 is 4.42 Å². The maximum Gasteiger partial charge on any atom is 0.169 e. The first-order valence-electron chi connectivity index (χ1n) is 7.75. The Bertz CT molecular complexity index is 417. The van der Waals surface area contributed by atoms with E-state index >= 15 is 0 Å². The molecule has 1 heterocycles. The maximum atomic E-state index is 5.79. The molecule has 2 saturated carbocycles. The van der Waals surface area contributed by atoms with Gasteiger partial charge in [0.25, 0.3) is 0 Å². The molecule has 0 aromatic carbocycles. The predicted molar refractivity (Wildman–Crippen MR) is 81.0 cm³/mol. The van der Waals surface area contributed by atoms with Crippen LogP contribution in [0.1, 0.15) is 57.3 Å². The average Bonchev–Trinajstić information content (AvgIpc) is 3.10. The summed E-state index contributed by atoms with van der Waals surface area (Å²) in [4.78, 5) is 0. The van der Waals surface area contributed by atoms with Crippen LogP contribution in [0.2, 0.25) is 0 Å². The van der Waals surface area contributed by atoms with E-state index in [-0.39, 0.29) is 0 Å². The van der Waals surface area contributed by atoms with E-state index in [4.69, 9.17) is 4.42 Å². The molecule has 3 rings (SSSR count). The highest BCUT2D eigenvalue weighted by atomic mass is 79.9. The average molecular weight is 326 g/mol. The van der Waals surface area contributed by atoms with Gasteiger partial charge in [-0.3, -0.25) is 0 Å². The van der Waals surface area contributed by atoms with Crippen molar-refractivity contribution in [2.24, 2.45) is 17.8 Å². The van der Waals surface area contributed by atoms with Gasteiger partial charge in [-0.15, -0.1) is 0 Å². The Hall–Kier alpha value is -0.280. The van der Waals surface area contributed by atoms with E-state index in [2.05, 4.69) is 34.2 Å². The van der Waals surface area contributed by atoms with Gasteiger partial charge in [-0.1, -0.05) is 13.3 Å². The van der Waals surface area contributed by atoms with E-state index in [0.717, 1.165) is 34.7 Å². The zero-order valence-corrected chi connectivity index (χ0v) is 13.3. The number of nitrogens with one attached hydrogen (secondary N) is 1. The molecule has 2 bridgehead atoms. The summed E-state index contributed by atoms with van der Waals surface area (Å²) in [6, 6.07) is 4.53. The fraction of sp³-hybridized carbons (Fsp3) is 0.750. The summed E-state index contributed by atoms with van der Waals surface area (Å²) in [7, 11) is 0. The zero-order valence-electron chi connectivity index (χ0n) is 11.7. The minimum Gasteiger partial charge on any atom is -0.453 e. The molecular formula is C16H24BrNO. The van der Waals surface area contributed by atoms with E-state index in [1.807, 2.05) is 6.07 Å². The molecule has 4 atom stereocenters. The third-order valence-electron chi connectivity index (χ3n) is 5.00. The van der Waals surface area contributed by atoms with Crippen LogP contribution in [0.15, 0.2) is 21.2 Å². The first-order valence-corrected chi connectivity index (χ1v) is 8.54. The van der Waals surface area contributed by atoms with E-state index in [1.165, 1.54) is 38.5 Å². The van der Waals surface area contributed by atoms with Gasteiger partial charge >= 0.3 is 0 Å².